The Morgan fingerprint density at radius 2 is 1.67 bits per heavy atom. The van der Waals surface area contributed by atoms with Crippen LogP contribution in [0.25, 0.3) is 0 Å². The van der Waals surface area contributed by atoms with Gasteiger partial charge in [0.15, 0.2) is 9.84 Å². The molecule has 0 unspecified atom stereocenters. The monoisotopic (exact) mass is 660 g/mol. The molecule has 0 spiro atoms. The Morgan fingerprint density at radius 3 is 2.33 bits per heavy atom. The maximum atomic E-state index is 14.1. The van der Waals surface area contributed by atoms with E-state index in [-0.39, 0.29) is 37.4 Å². The first-order valence-electron chi connectivity index (χ1n) is 15.2. The molecule has 1 heterocycles. The van der Waals surface area contributed by atoms with Crippen molar-refractivity contribution in [1.82, 2.24) is 15.2 Å². The third-order valence-electron chi connectivity index (χ3n) is 7.32. The number of halogens is 2. The van der Waals surface area contributed by atoms with Gasteiger partial charge in [0.25, 0.3) is 0 Å². The van der Waals surface area contributed by atoms with E-state index >= 15 is 0 Å². The Kier molecular flexibility index (Phi) is 14.0. The molecule has 1 aromatic heterocycles. The average molecular weight is 661 g/mol. The molecule has 0 saturated carbocycles. The molecule has 46 heavy (non-hydrogen) atoms. The molecule has 3 rings (SSSR count). The lowest BCUT2D eigenvalue weighted by atomic mass is 10.0. The zero-order valence-corrected chi connectivity index (χ0v) is 26.9. The fourth-order valence-electron chi connectivity index (χ4n) is 4.81. The molecule has 0 radical (unpaired) electrons. The number of nitrogens with zero attached hydrogens (tertiary/aromatic N) is 2. The number of rotatable bonds is 17. The summed E-state index contributed by atoms with van der Waals surface area (Å²) < 4.78 is 58.8. The predicted octanol–water partition coefficient (Wildman–Crippen LogP) is 3.69. The van der Waals surface area contributed by atoms with Gasteiger partial charge in [0, 0.05) is 37.6 Å². The molecule has 0 aliphatic rings. The summed E-state index contributed by atoms with van der Waals surface area (Å²) in [6.45, 7) is 3.28. The topological polar surface area (TPSA) is 152 Å². The van der Waals surface area contributed by atoms with Crippen LogP contribution >= 0.6 is 0 Å². The largest absolute Gasteiger partial charge is 0.445 e. The van der Waals surface area contributed by atoms with Crippen molar-refractivity contribution in [1.29, 1.82) is 0 Å². The third kappa shape index (κ3) is 12.1. The highest BCUT2D eigenvalue weighted by atomic mass is 32.2. The first-order valence-corrected chi connectivity index (χ1v) is 17.0. The van der Waals surface area contributed by atoms with Crippen LogP contribution in [0.15, 0.2) is 67.0 Å². The fourth-order valence-corrected chi connectivity index (χ4v) is 6.44. The van der Waals surface area contributed by atoms with Crippen LogP contribution in [0, 0.1) is 11.6 Å². The number of ether oxygens (including phenoxy) is 1. The lowest BCUT2D eigenvalue weighted by Crippen LogP contribution is -2.54. The van der Waals surface area contributed by atoms with Crippen molar-refractivity contribution >= 4 is 21.8 Å². The molecule has 3 atom stereocenters. The van der Waals surface area contributed by atoms with Crippen molar-refractivity contribution in [2.45, 2.75) is 70.9 Å². The number of alkyl carbamates (subject to hydrolysis) is 1. The number of carbonyl (C=O) groups is 2. The predicted molar refractivity (Wildman–Crippen MR) is 170 cm³/mol. The molecule has 10 nitrogen and oxygen atoms in total. The number of unbranched alkanes of at least 4 members (excludes halogenated alkanes) is 1. The Labute approximate surface area is 268 Å². The van der Waals surface area contributed by atoms with Gasteiger partial charge >= 0.3 is 6.09 Å². The van der Waals surface area contributed by atoms with Crippen molar-refractivity contribution in [3.63, 3.8) is 0 Å². The van der Waals surface area contributed by atoms with Crippen molar-refractivity contribution in [3.8, 4) is 0 Å². The summed E-state index contributed by atoms with van der Waals surface area (Å²) in [6.07, 6.45) is 2.28. The molecule has 0 fully saturated rings. The van der Waals surface area contributed by atoms with E-state index in [0.717, 1.165) is 30.2 Å². The van der Waals surface area contributed by atoms with E-state index in [0.29, 0.717) is 24.0 Å². The minimum atomic E-state index is -3.80. The number of benzene rings is 2. The van der Waals surface area contributed by atoms with Crippen molar-refractivity contribution < 1.29 is 36.6 Å². The quantitative estimate of drug-likeness (QED) is 0.198. The second-order valence-corrected chi connectivity index (χ2v) is 13.4. The molecular formula is C33H42F2N4O6S. The Hall–Kier alpha value is -3.94. The van der Waals surface area contributed by atoms with Crippen LogP contribution in [0.1, 0.15) is 48.9 Å². The lowest BCUT2D eigenvalue weighted by molar-refractivity contribution is -0.135. The summed E-state index contributed by atoms with van der Waals surface area (Å²) in [6, 6.07) is 11.0. The van der Waals surface area contributed by atoms with Crippen LogP contribution in [-0.4, -0.2) is 71.6 Å². The normalized spacial score (nSPS) is 13.4. The number of nitrogens with two attached hydrogens (primary N) is 1. The number of sulfone groups is 1. The first kappa shape index (κ1) is 36.5. The second kappa shape index (κ2) is 17.7. The number of aromatic nitrogens is 1. The molecule has 3 aromatic rings. The number of aryl methyl sites for hydroxylation is 1. The first-order chi connectivity index (χ1) is 21.9. The summed E-state index contributed by atoms with van der Waals surface area (Å²) in [5, 5.41) is 13.5. The molecule has 2 aromatic carbocycles. The van der Waals surface area contributed by atoms with Gasteiger partial charge < -0.3 is 25.8 Å². The van der Waals surface area contributed by atoms with Gasteiger partial charge in [-0.25, -0.2) is 22.0 Å². The lowest BCUT2D eigenvalue weighted by Gasteiger charge is -2.31. The van der Waals surface area contributed by atoms with Gasteiger partial charge in [0.1, 0.15) is 24.3 Å². The highest BCUT2D eigenvalue weighted by Gasteiger charge is 2.33. The number of nitrogens with one attached hydrogen (secondary N) is 1. The number of hydrogen-bond acceptors (Lipinski definition) is 8. The minimum Gasteiger partial charge on any atom is -0.445 e. The van der Waals surface area contributed by atoms with Gasteiger partial charge in [0.2, 0.25) is 5.91 Å². The van der Waals surface area contributed by atoms with E-state index < -0.39 is 57.4 Å². The highest BCUT2D eigenvalue weighted by molar-refractivity contribution is 7.91. The molecule has 250 valence electrons. The summed E-state index contributed by atoms with van der Waals surface area (Å²) in [7, 11) is -3.80. The van der Waals surface area contributed by atoms with Crippen LogP contribution in [0.3, 0.4) is 0 Å². The van der Waals surface area contributed by atoms with Gasteiger partial charge in [-0.2, -0.15) is 0 Å². The van der Waals surface area contributed by atoms with Gasteiger partial charge in [-0.3, -0.25) is 9.78 Å². The number of aliphatic hydroxyl groups is 1. The molecular weight excluding hydrogens is 618 g/mol. The minimum absolute atomic E-state index is 0.0374. The molecule has 0 aliphatic carbocycles. The number of aliphatic hydroxyl groups excluding tert-OH is 1. The zero-order valence-electron chi connectivity index (χ0n) is 26.1. The van der Waals surface area contributed by atoms with Crippen LogP contribution in [0.2, 0.25) is 0 Å². The van der Waals surface area contributed by atoms with Crippen molar-refractivity contribution in [2.24, 2.45) is 5.73 Å². The smallest absolute Gasteiger partial charge is 0.408 e. The number of hydrogen-bond donors (Lipinski definition) is 3. The summed E-state index contributed by atoms with van der Waals surface area (Å²) >= 11 is 0. The molecule has 0 bridgehead atoms. The summed E-state index contributed by atoms with van der Waals surface area (Å²) in [5.41, 5.74) is 8.77. The Morgan fingerprint density at radius 1 is 1.00 bits per heavy atom. The van der Waals surface area contributed by atoms with Crippen molar-refractivity contribution in [3.05, 3.63) is 101 Å². The molecule has 4 N–H and O–H groups in total. The van der Waals surface area contributed by atoms with Crippen LogP contribution in [0.4, 0.5) is 13.6 Å². The molecule has 0 saturated heterocycles. The van der Waals surface area contributed by atoms with E-state index in [1.54, 1.807) is 18.2 Å². The van der Waals surface area contributed by atoms with Crippen LogP contribution < -0.4 is 11.1 Å². The maximum Gasteiger partial charge on any atom is 0.408 e. The molecule has 13 heteroatoms. The van der Waals surface area contributed by atoms with Gasteiger partial charge in [-0.05, 0) is 65.8 Å². The number of amides is 2. The van der Waals surface area contributed by atoms with Gasteiger partial charge in [-0.1, -0.05) is 44.5 Å². The van der Waals surface area contributed by atoms with Crippen LogP contribution in [-0.2, 0) is 45.4 Å². The van der Waals surface area contributed by atoms with E-state index in [4.69, 9.17) is 10.5 Å². The average Bonchev–Trinajstić information content (AvgIpc) is 3.01. The van der Waals surface area contributed by atoms with Gasteiger partial charge in [0.05, 0.1) is 17.6 Å². The summed E-state index contributed by atoms with van der Waals surface area (Å²) in [4.78, 5) is 32.1. The molecule has 2 amide bonds. The van der Waals surface area contributed by atoms with E-state index in [1.807, 2.05) is 32.0 Å². The highest BCUT2D eigenvalue weighted by Crippen LogP contribution is 2.16. The maximum absolute atomic E-state index is 14.1. The standard InChI is InChI=1S/C33H42F2N4O6S/c1-3-5-13-46(43,44)22-30(38-33(42)45-21-24-9-11-37-12-10-24)32(41)39(19-25-8-6-7-23(4-2)14-25)20-31(40)29(36)17-26-15-27(34)18-28(35)16-26/h6-12,14-16,18,29-31,40H,3-5,13,17,19-22,36H2,1-2H3,(H,38,42)/t29-,30+,31+/m0/s1. The van der Waals surface area contributed by atoms with E-state index in [9.17, 15) is 31.9 Å². The fraction of sp³-hybridized carbons (Fsp3) is 0.424. The Bertz CT molecular complexity index is 1520. The van der Waals surface area contributed by atoms with Crippen LogP contribution in [0.5, 0.6) is 0 Å². The SMILES string of the molecule is CCCCS(=O)(=O)C[C@@H](NC(=O)OCc1ccncc1)C(=O)N(Cc1cccc(CC)c1)C[C@@H](O)[C@@H](N)Cc1cc(F)cc(F)c1. The molecule has 0 aliphatic heterocycles. The van der Waals surface area contributed by atoms with E-state index in [2.05, 4.69) is 10.3 Å². The Balaban J connectivity index is 1.88. The van der Waals surface area contributed by atoms with E-state index in [1.165, 1.54) is 17.3 Å². The van der Waals surface area contributed by atoms with Crippen molar-refractivity contribution in [2.75, 3.05) is 18.1 Å². The zero-order chi connectivity index (χ0) is 33.7. The number of carbonyl (C=O) groups excluding carboxylic acids is 2. The third-order valence-corrected chi connectivity index (χ3v) is 9.07. The van der Waals surface area contributed by atoms with Gasteiger partial charge in [-0.15, -0.1) is 0 Å². The summed E-state index contributed by atoms with van der Waals surface area (Å²) in [5.74, 6) is -3.23. The second-order valence-electron chi connectivity index (χ2n) is 11.2. The number of pyridine rings is 1.